The molecule has 0 aromatic carbocycles. The Balaban J connectivity index is 1.99. The Labute approximate surface area is 111 Å². The highest BCUT2D eigenvalue weighted by Gasteiger charge is 2.35. The van der Waals surface area contributed by atoms with Crippen molar-refractivity contribution in [1.82, 2.24) is 10.6 Å². The zero-order chi connectivity index (χ0) is 13.8. The summed E-state index contributed by atoms with van der Waals surface area (Å²) in [4.78, 5) is 34.8. The van der Waals surface area contributed by atoms with Gasteiger partial charge in [0.15, 0.2) is 0 Å². The lowest BCUT2D eigenvalue weighted by Crippen LogP contribution is -2.52. The second kappa shape index (κ2) is 5.86. The van der Waals surface area contributed by atoms with Gasteiger partial charge in [-0.1, -0.05) is 12.2 Å². The summed E-state index contributed by atoms with van der Waals surface area (Å²) in [6.07, 6.45) is 5.82. The van der Waals surface area contributed by atoms with Crippen molar-refractivity contribution < 1.29 is 19.5 Å². The summed E-state index contributed by atoms with van der Waals surface area (Å²) < 4.78 is 0. The van der Waals surface area contributed by atoms with E-state index >= 15 is 0 Å². The molecule has 3 atom stereocenters. The van der Waals surface area contributed by atoms with Gasteiger partial charge >= 0.3 is 5.97 Å². The van der Waals surface area contributed by atoms with E-state index in [0.717, 1.165) is 6.42 Å². The van der Waals surface area contributed by atoms with Gasteiger partial charge in [0.1, 0.15) is 6.04 Å². The molecule has 1 heterocycles. The van der Waals surface area contributed by atoms with Gasteiger partial charge in [0.25, 0.3) is 0 Å². The fraction of sp³-hybridized carbons (Fsp3) is 0.615. The molecule has 0 aromatic rings. The van der Waals surface area contributed by atoms with Gasteiger partial charge in [-0.25, -0.2) is 0 Å². The van der Waals surface area contributed by atoms with Crippen molar-refractivity contribution in [3.8, 4) is 0 Å². The van der Waals surface area contributed by atoms with Crippen LogP contribution in [0.5, 0.6) is 0 Å². The van der Waals surface area contributed by atoms with Gasteiger partial charge in [-0.3, -0.25) is 14.4 Å². The number of piperidine rings is 1. The Morgan fingerprint density at radius 3 is 2.58 bits per heavy atom. The summed E-state index contributed by atoms with van der Waals surface area (Å²) in [5.41, 5.74) is 0. The van der Waals surface area contributed by atoms with E-state index in [1.807, 2.05) is 6.08 Å². The van der Waals surface area contributed by atoms with Crippen LogP contribution >= 0.6 is 0 Å². The Morgan fingerprint density at radius 2 is 1.95 bits per heavy atom. The molecule has 19 heavy (non-hydrogen) atoms. The van der Waals surface area contributed by atoms with Crippen molar-refractivity contribution >= 4 is 17.8 Å². The maximum Gasteiger partial charge on any atom is 0.307 e. The topological polar surface area (TPSA) is 95.5 Å². The van der Waals surface area contributed by atoms with Crippen LogP contribution in [0.4, 0.5) is 0 Å². The highest BCUT2D eigenvalue weighted by molar-refractivity contribution is 5.91. The molecule has 1 aliphatic heterocycles. The molecular weight excluding hydrogens is 248 g/mol. The van der Waals surface area contributed by atoms with Crippen molar-refractivity contribution in [2.75, 3.05) is 6.54 Å². The molecular formula is C13H18N2O4. The van der Waals surface area contributed by atoms with Gasteiger partial charge in [-0.05, 0) is 25.7 Å². The normalized spacial score (nSPS) is 30.5. The number of aliphatic carboxylic acids is 1. The Hall–Kier alpha value is -1.85. The first-order valence-electron chi connectivity index (χ1n) is 6.55. The highest BCUT2D eigenvalue weighted by atomic mass is 16.4. The molecule has 0 bridgehead atoms. The molecule has 1 saturated heterocycles. The van der Waals surface area contributed by atoms with Crippen LogP contribution in [-0.4, -0.2) is 35.5 Å². The molecule has 0 aromatic heterocycles. The number of carboxylic acids is 1. The lowest BCUT2D eigenvalue weighted by Gasteiger charge is -2.28. The van der Waals surface area contributed by atoms with E-state index in [0.29, 0.717) is 25.8 Å². The van der Waals surface area contributed by atoms with E-state index in [-0.39, 0.29) is 11.8 Å². The van der Waals surface area contributed by atoms with Crippen LogP contribution in [0.1, 0.15) is 25.7 Å². The molecule has 0 radical (unpaired) electrons. The van der Waals surface area contributed by atoms with Gasteiger partial charge in [-0.2, -0.15) is 0 Å². The zero-order valence-corrected chi connectivity index (χ0v) is 10.6. The zero-order valence-electron chi connectivity index (χ0n) is 10.6. The van der Waals surface area contributed by atoms with E-state index in [2.05, 4.69) is 10.6 Å². The quantitative estimate of drug-likeness (QED) is 0.629. The Morgan fingerprint density at radius 1 is 1.26 bits per heavy atom. The Kier molecular flexibility index (Phi) is 4.19. The number of carbonyl (C=O) groups is 3. The van der Waals surface area contributed by atoms with Crippen molar-refractivity contribution in [3.05, 3.63) is 12.2 Å². The summed E-state index contributed by atoms with van der Waals surface area (Å²) >= 11 is 0. The predicted molar refractivity (Wildman–Crippen MR) is 67.2 cm³/mol. The fourth-order valence-electron chi connectivity index (χ4n) is 2.57. The molecule has 0 spiro atoms. The molecule has 1 fully saturated rings. The van der Waals surface area contributed by atoms with Gasteiger partial charge < -0.3 is 15.7 Å². The summed E-state index contributed by atoms with van der Waals surface area (Å²) in [6, 6.07) is -0.526. The predicted octanol–water partition coefficient (Wildman–Crippen LogP) is 0.0482. The van der Waals surface area contributed by atoms with Crippen molar-refractivity contribution in [2.24, 2.45) is 11.8 Å². The minimum atomic E-state index is -0.961. The molecule has 6 nitrogen and oxygen atoms in total. The second-order valence-corrected chi connectivity index (χ2v) is 4.99. The highest BCUT2D eigenvalue weighted by Crippen LogP contribution is 2.26. The number of carbonyl (C=O) groups excluding carboxylic acids is 2. The lowest BCUT2D eigenvalue weighted by molar-refractivity contribution is -0.147. The summed E-state index contributed by atoms with van der Waals surface area (Å²) in [7, 11) is 0. The first kappa shape index (κ1) is 13.6. The van der Waals surface area contributed by atoms with Gasteiger partial charge in [0.2, 0.25) is 11.8 Å². The maximum atomic E-state index is 12.1. The summed E-state index contributed by atoms with van der Waals surface area (Å²) in [5.74, 6) is -2.76. The fourth-order valence-corrected chi connectivity index (χ4v) is 2.57. The van der Waals surface area contributed by atoms with E-state index in [9.17, 15) is 14.4 Å². The van der Waals surface area contributed by atoms with Crippen LogP contribution in [0.2, 0.25) is 0 Å². The first-order chi connectivity index (χ1) is 9.09. The van der Waals surface area contributed by atoms with Crippen LogP contribution < -0.4 is 10.6 Å². The van der Waals surface area contributed by atoms with Crippen LogP contribution in [0.3, 0.4) is 0 Å². The largest absolute Gasteiger partial charge is 0.481 e. The summed E-state index contributed by atoms with van der Waals surface area (Å²) in [6.45, 7) is 0.634. The maximum absolute atomic E-state index is 12.1. The number of rotatable bonds is 3. The SMILES string of the molecule is O=C1NCCCC1NC(=O)C1CC=CCC1C(=O)O. The number of hydrogen-bond acceptors (Lipinski definition) is 3. The lowest BCUT2D eigenvalue weighted by atomic mass is 9.82. The van der Waals surface area contributed by atoms with Crippen molar-refractivity contribution in [1.29, 1.82) is 0 Å². The molecule has 6 heteroatoms. The molecule has 3 N–H and O–H groups in total. The number of amides is 2. The first-order valence-corrected chi connectivity index (χ1v) is 6.55. The van der Waals surface area contributed by atoms with Crippen LogP contribution in [0.25, 0.3) is 0 Å². The number of hydrogen-bond donors (Lipinski definition) is 3. The van der Waals surface area contributed by atoms with Crippen molar-refractivity contribution in [3.63, 3.8) is 0 Å². The smallest absolute Gasteiger partial charge is 0.307 e. The van der Waals surface area contributed by atoms with E-state index in [1.165, 1.54) is 0 Å². The average molecular weight is 266 g/mol. The van der Waals surface area contributed by atoms with Gasteiger partial charge in [0, 0.05) is 6.54 Å². The van der Waals surface area contributed by atoms with Gasteiger partial charge in [-0.15, -0.1) is 0 Å². The van der Waals surface area contributed by atoms with Crippen LogP contribution in [0, 0.1) is 11.8 Å². The van der Waals surface area contributed by atoms with Gasteiger partial charge in [0.05, 0.1) is 11.8 Å². The molecule has 2 aliphatic rings. The molecule has 2 amide bonds. The second-order valence-electron chi connectivity index (χ2n) is 4.99. The molecule has 1 aliphatic carbocycles. The van der Waals surface area contributed by atoms with Crippen molar-refractivity contribution in [2.45, 2.75) is 31.7 Å². The van der Waals surface area contributed by atoms with E-state index in [4.69, 9.17) is 5.11 Å². The third-order valence-electron chi connectivity index (χ3n) is 3.69. The molecule has 104 valence electrons. The summed E-state index contributed by atoms with van der Waals surface area (Å²) in [5, 5.41) is 14.5. The molecule has 2 rings (SSSR count). The number of carboxylic acid groups (broad SMARTS) is 1. The standard InChI is InChI=1S/C13H18N2O4/c16-11(15-10-6-3-7-14-12(10)17)8-4-1-2-5-9(8)13(18)19/h1-2,8-10H,3-7H2,(H,14,17)(H,15,16)(H,18,19). The number of allylic oxidation sites excluding steroid dienone is 2. The molecule has 3 unspecified atom stereocenters. The third kappa shape index (κ3) is 3.13. The average Bonchev–Trinajstić information content (AvgIpc) is 2.41. The van der Waals surface area contributed by atoms with Crippen LogP contribution in [-0.2, 0) is 14.4 Å². The molecule has 0 saturated carbocycles. The third-order valence-corrected chi connectivity index (χ3v) is 3.69. The minimum absolute atomic E-state index is 0.183. The van der Waals surface area contributed by atoms with E-state index < -0.39 is 23.8 Å². The Bertz CT molecular complexity index is 419. The monoisotopic (exact) mass is 266 g/mol. The number of nitrogens with one attached hydrogen (secondary N) is 2. The minimum Gasteiger partial charge on any atom is -0.481 e. The van der Waals surface area contributed by atoms with E-state index in [1.54, 1.807) is 6.08 Å². The van der Waals surface area contributed by atoms with Crippen LogP contribution in [0.15, 0.2) is 12.2 Å².